The Morgan fingerprint density at radius 1 is 1.42 bits per heavy atom. The summed E-state index contributed by atoms with van der Waals surface area (Å²) in [7, 11) is -3.61. The van der Waals surface area contributed by atoms with E-state index in [4.69, 9.17) is 5.11 Å². The third kappa shape index (κ3) is 3.83. The number of aliphatic carboxylic acids is 1. The predicted octanol–water partition coefficient (Wildman–Crippen LogP) is 1.31. The van der Waals surface area contributed by atoms with Crippen molar-refractivity contribution in [3.63, 3.8) is 0 Å². The van der Waals surface area contributed by atoms with Gasteiger partial charge in [0.2, 0.25) is 10.0 Å². The van der Waals surface area contributed by atoms with Crippen LogP contribution in [0.3, 0.4) is 0 Å². The third-order valence-corrected chi connectivity index (χ3v) is 5.77. The van der Waals surface area contributed by atoms with Crippen molar-refractivity contribution >= 4 is 38.7 Å². The number of aromatic nitrogens is 1. The average molecular weight is 318 g/mol. The van der Waals surface area contributed by atoms with Crippen LogP contribution in [0.2, 0.25) is 0 Å². The van der Waals surface area contributed by atoms with Crippen molar-refractivity contribution in [3.05, 3.63) is 33.6 Å². The van der Waals surface area contributed by atoms with Crippen molar-refractivity contribution in [1.82, 2.24) is 9.71 Å². The van der Waals surface area contributed by atoms with Gasteiger partial charge in [0.1, 0.15) is 4.21 Å². The molecule has 2 N–H and O–H groups in total. The Morgan fingerprint density at radius 3 is 2.84 bits per heavy atom. The fourth-order valence-corrected chi connectivity index (χ4v) is 4.26. The lowest BCUT2D eigenvalue weighted by Gasteiger charge is -2.02. The maximum atomic E-state index is 12.0. The molecule has 0 saturated heterocycles. The fourth-order valence-electron chi connectivity index (χ4n) is 1.31. The molecule has 0 aliphatic heterocycles. The summed E-state index contributed by atoms with van der Waals surface area (Å²) in [5.74, 6) is -0.985. The minimum Gasteiger partial charge on any atom is -0.481 e. The van der Waals surface area contributed by atoms with Gasteiger partial charge in [-0.3, -0.25) is 4.79 Å². The molecule has 0 spiro atoms. The monoisotopic (exact) mass is 318 g/mol. The zero-order chi connectivity index (χ0) is 13.9. The van der Waals surface area contributed by atoms with Crippen LogP contribution in [-0.4, -0.2) is 24.5 Å². The summed E-state index contributed by atoms with van der Waals surface area (Å²) in [5, 5.41) is 10.4. The van der Waals surface area contributed by atoms with Crippen molar-refractivity contribution in [2.24, 2.45) is 0 Å². The summed E-state index contributed by atoms with van der Waals surface area (Å²) < 4.78 is 26.4. The number of nitrogens with one attached hydrogen (secondary N) is 1. The van der Waals surface area contributed by atoms with Crippen LogP contribution in [0.25, 0.3) is 0 Å². The Balaban J connectivity index is 2.06. The van der Waals surface area contributed by atoms with E-state index in [-0.39, 0.29) is 17.2 Å². The molecule has 0 radical (unpaired) electrons. The first-order valence-corrected chi connectivity index (χ1v) is 8.39. The fraction of sp³-hybridized carbons (Fsp3) is 0.200. The van der Waals surface area contributed by atoms with Crippen LogP contribution in [-0.2, 0) is 27.8 Å². The Hall–Kier alpha value is -1.29. The molecule has 0 atom stereocenters. The number of sulfonamides is 1. The van der Waals surface area contributed by atoms with Gasteiger partial charge in [-0.25, -0.2) is 18.1 Å². The van der Waals surface area contributed by atoms with Gasteiger partial charge in [0, 0.05) is 10.3 Å². The number of carbonyl (C=O) groups is 1. The number of hydrogen-bond donors (Lipinski definition) is 2. The second kappa shape index (κ2) is 5.78. The number of thiazole rings is 1. The standard InChI is InChI=1S/C10H10N2O4S3/c13-9(14)3-8-1-2-10(18-8)19(15,16)12-4-7-5-17-6-11-7/h1-2,5-6,12H,3-4H2,(H,13,14). The van der Waals surface area contributed by atoms with Crippen LogP contribution >= 0.6 is 22.7 Å². The first-order valence-electron chi connectivity index (χ1n) is 5.14. The Morgan fingerprint density at radius 2 is 2.21 bits per heavy atom. The molecule has 2 aromatic heterocycles. The lowest BCUT2D eigenvalue weighted by atomic mass is 10.3. The molecule has 0 aliphatic carbocycles. The van der Waals surface area contributed by atoms with Crippen LogP contribution in [0, 0.1) is 0 Å². The van der Waals surface area contributed by atoms with Gasteiger partial charge in [0.05, 0.1) is 24.2 Å². The predicted molar refractivity (Wildman–Crippen MR) is 71.8 cm³/mol. The van der Waals surface area contributed by atoms with Gasteiger partial charge >= 0.3 is 5.97 Å². The third-order valence-electron chi connectivity index (χ3n) is 2.15. The first kappa shape index (κ1) is 14.1. The van der Waals surface area contributed by atoms with Gasteiger partial charge in [-0.2, -0.15) is 0 Å². The molecule has 102 valence electrons. The van der Waals surface area contributed by atoms with Crippen LogP contribution < -0.4 is 4.72 Å². The number of rotatable bonds is 6. The van der Waals surface area contributed by atoms with E-state index in [1.807, 2.05) is 0 Å². The van der Waals surface area contributed by atoms with E-state index in [0.717, 1.165) is 11.3 Å². The van der Waals surface area contributed by atoms with Crippen molar-refractivity contribution in [2.75, 3.05) is 0 Å². The Bertz CT molecular complexity index is 661. The molecule has 0 fully saturated rings. The van der Waals surface area contributed by atoms with Crippen molar-refractivity contribution < 1.29 is 18.3 Å². The Labute approximate surface area is 117 Å². The summed E-state index contributed by atoms with van der Waals surface area (Å²) >= 11 is 2.34. The summed E-state index contributed by atoms with van der Waals surface area (Å²) in [4.78, 5) is 15.0. The van der Waals surface area contributed by atoms with Gasteiger partial charge in [-0.15, -0.1) is 22.7 Å². The van der Waals surface area contributed by atoms with E-state index in [0.29, 0.717) is 10.6 Å². The minimum absolute atomic E-state index is 0.110. The number of hydrogen-bond acceptors (Lipinski definition) is 6. The van der Waals surface area contributed by atoms with E-state index in [2.05, 4.69) is 9.71 Å². The second-order valence-corrected chi connectivity index (χ2v) is 7.48. The molecule has 2 rings (SSSR count). The highest BCUT2D eigenvalue weighted by Gasteiger charge is 2.17. The van der Waals surface area contributed by atoms with Crippen molar-refractivity contribution in [2.45, 2.75) is 17.2 Å². The Kier molecular flexibility index (Phi) is 4.30. The smallest absolute Gasteiger partial charge is 0.308 e. The lowest BCUT2D eigenvalue weighted by Crippen LogP contribution is -2.22. The minimum atomic E-state index is -3.61. The number of carboxylic acids is 1. The van der Waals surface area contributed by atoms with Gasteiger partial charge in [0.15, 0.2) is 0 Å². The zero-order valence-electron chi connectivity index (χ0n) is 9.57. The van der Waals surface area contributed by atoms with Crippen molar-refractivity contribution in [1.29, 1.82) is 0 Å². The number of nitrogens with zero attached hydrogens (tertiary/aromatic N) is 1. The highest BCUT2D eigenvalue weighted by molar-refractivity contribution is 7.91. The molecule has 9 heteroatoms. The van der Waals surface area contributed by atoms with E-state index >= 15 is 0 Å². The number of thiophene rings is 1. The molecule has 0 unspecified atom stereocenters. The molecule has 2 heterocycles. The normalized spacial score (nSPS) is 11.6. The quantitative estimate of drug-likeness (QED) is 0.837. The second-order valence-electron chi connectivity index (χ2n) is 3.60. The zero-order valence-corrected chi connectivity index (χ0v) is 12.0. The van der Waals surface area contributed by atoms with Crippen LogP contribution in [0.1, 0.15) is 10.6 Å². The van der Waals surface area contributed by atoms with Gasteiger partial charge in [-0.05, 0) is 12.1 Å². The van der Waals surface area contributed by atoms with Crippen LogP contribution in [0.5, 0.6) is 0 Å². The van der Waals surface area contributed by atoms with Crippen molar-refractivity contribution in [3.8, 4) is 0 Å². The van der Waals surface area contributed by atoms with E-state index in [1.165, 1.54) is 23.5 Å². The molecule has 6 nitrogen and oxygen atoms in total. The maximum absolute atomic E-state index is 12.0. The molecule has 0 saturated carbocycles. The summed E-state index contributed by atoms with van der Waals surface area (Å²) in [6.45, 7) is 0.123. The van der Waals surface area contributed by atoms with Gasteiger partial charge < -0.3 is 5.11 Å². The topological polar surface area (TPSA) is 96.4 Å². The highest BCUT2D eigenvalue weighted by Crippen LogP contribution is 2.22. The molecule has 19 heavy (non-hydrogen) atoms. The van der Waals surface area contributed by atoms with E-state index in [9.17, 15) is 13.2 Å². The molecular weight excluding hydrogens is 308 g/mol. The summed E-state index contributed by atoms with van der Waals surface area (Å²) in [6.07, 6.45) is -0.174. The van der Waals surface area contributed by atoms with Gasteiger partial charge in [-0.1, -0.05) is 0 Å². The van der Waals surface area contributed by atoms with E-state index in [1.54, 1.807) is 10.9 Å². The highest BCUT2D eigenvalue weighted by atomic mass is 32.2. The first-order chi connectivity index (χ1) is 8.97. The molecule has 2 aromatic rings. The van der Waals surface area contributed by atoms with E-state index < -0.39 is 16.0 Å². The van der Waals surface area contributed by atoms with Crippen LogP contribution in [0.15, 0.2) is 27.2 Å². The SMILES string of the molecule is O=C(O)Cc1ccc(S(=O)(=O)NCc2cscn2)s1. The lowest BCUT2D eigenvalue weighted by molar-refractivity contribution is -0.136. The summed E-state index contributed by atoms with van der Waals surface area (Å²) in [6, 6.07) is 2.92. The largest absolute Gasteiger partial charge is 0.481 e. The van der Waals surface area contributed by atoms with Gasteiger partial charge in [0.25, 0.3) is 0 Å². The van der Waals surface area contributed by atoms with Crippen LogP contribution in [0.4, 0.5) is 0 Å². The maximum Gasteiger partial charge on any atom is 0.308 e. The number of carboxylic acid groups (broad SMARTS) is 1. The molecule has 0 aromatic carbocycles. The molecular formula is C10H10N2O4S3. The average Bonchev–Trinajstić information content (AvgIpc) is 2.96. The molecule has 0 amide bonds. The molecule has 0 aliphatic rings. The molecule has 0 bridgehead atoms. The summed E-state index contributed by atoms with van der Waals surface area (Å²) in [5.41, 5.74) is 2.27.